The molecule has 2 aliphatic carbocycles. The first-order chi connectivity index (χ1) is 15.3. The molecule has 0 aliphatic heterocycles. The van der Waals surface area contributed by atoms with Crippen molar-refractivity contribution in [1.82, 2.24) is 16.0 Å². The third kappa shape index (κ3) is 4.90. The van der Waals surface area contributed by atoms with E-state index in [4.69, 9.17) is 4.74 Å². The molecule has 1 spiro atoms. The van der Waals surface area contributed by atoms with Crippen LogP contribution in [0.2, 0.25) is 0 Å². The van der Waals surface area contributed by atoms with E-state index in [-0.39, 0.29) is 34.9 Å². The van der Waals surface area contributed by atoms with E-state index in [0.717, 1.165) is 42.6 Å². The molecule has 0 atom stereocenters. The van der Waals surface area contributed by atoms with Crippen molar-refractivity contribution < 1.29 is 14.3 Å². The van der Waals surface area contributed by atoms with Gasteiger partial charge < -0.3 is 20.7 Å². The number of hydrogen-bond acceptors (Lipinski definition) is 3. The monoisotopic (exact) mass is 435 g/mol. The average molecular weight is 436 g/mol. The minimum absolute atomic E-state index is 0.0721. The average Bonchev–Trinajstić information content (AvgIpc) is 2.73. The number of rotatable bonds is 7. The molecule has 2 aromatic carbocycles. The molecule has 3 N–H and O–H groups in total. The lowest BCUT2D eigenvalue weighted by atomic mass is 9.50. The summed E-state index contributed by atoms with van der Waals surface area (Å²) < 4.78 is 5.15. The molecule has 6 nitrogen and oxygen atoms in total. The summed E-state index contributed by atoms with van der Waals surface area (Å²) in [7, 11) is 1.63. The van der Waals surface area contributed by atoms with Gasteiger partial charge in [-0.1, -0.05) is 42.5 Å². The van der Waals surface area contributed by atoms with Gasteiger partial charge in [0.05, 0.1) is 12.6 Å². The lowest BCUT2D eigenvalue weighted by Crippen LogP contribution is -2.60. The van der Waals surface area contributed by atoms with Crippen molar-refractivity contribution in [1.29, 1.82) is 0 Å². The Morgan fingerprint density at radius 1 is 1.00 bits per heavy atom. The summed E-state index contributed by atoms with van der Waals surface area (Å²) in [5, 5.41) is 9.19. The predicted octanol–water partition coefficient (Wildman–Crippen LogP) is 4.10. The molecule has 0 radical (unpaired) electrons. The van der Waals surface area contributed by atoms with Crippen LogP contribution in [0.4, 0.5) is 4.79 Å². The molecule has 0 unspecified atom stereocenters. The first-order valence-electron chi connectivity index (χ1n) is 11.3. The van der Waals surface area contributed by atoms with Crippen molar-refractivity contribution in [3.05, 3.63) is 65.7 Å². The summed E-state index contributed by atoms with van der Waals surface area (Å²) in [6, 6.07) is 17.8. The molecule has 0 bridgehead atoms. The van der Waals surface area contributed by atoms with Crippen molar-refractivity contribution in [2.45, 2.75) is 57.7 Å². The molecule has 2 aromatic rings. The second-order valence-electron chi connectivity index (χ2n) is 9.87. The number of hydrogen-bond donors (Lipinski definition) is 3. The van der Waals surface area contributed by atoms with Gasteiger partial charge >= 0.3 is 6.03 Å². The van der Waals surface area contributed by atoms with Crippen molar-refractivity contribution in [3.63, 3.8) is 0 Å². The van der Waals surface area contributed by atoms with E-state index in [1.165, 1.54) is 0 Å². The van der Waals surface area contributed by atoms with E-state index in [2.05, 4.69) is 16.0 Å². The molecule has 170 valence electrons. The van der Waals surface area contributed by atoms with Crippen LogP contribution >= 0.6 is 0 Å². The van der Waals surface area contributed by atoms with E-state index < -0.39 is 0 Å². The van der Waals surface area contributed by atoms with Crippen LogP contribution < -0.4 is 20.7 Å². The molecule has 3 amide bonds. The lowest BCUT2D eigenvalue weighted by molar-refractivity contribution is -0.140. The van der Waals surface area contributed by atoms with Crippen LogP contribution in [0.15, 0.2) is 54.6 Å². The highest BCUT2D eigenvalue weighted by Crippen LogP contribution is 2.58. The quantitative estimate of drug-likeness (QED) is 0.612. The zero-order valence-electron chi connectivity index (χ0n) is 19.1. The molecular formula is C26H33N3O3. The van der Waals surface area contributed by atoms with Crippen LogP contribution in [0.1, 0.15) is 50.7 Å². The van der Waals surface area contributed by atoms with Gasteiger partial charge in [-0.3, -0.25) is 4.79 Å². The Morgan fingerprint density at radius 2 is 1.66 bits per heavy atom. The molecule has 0 saturated heterocycles. The second kappa shape index (κ2) is 8.85. The fraction of sp³-hybridized carbons (Fsp3) is 0.462. The fourth-order valence-corrected chi connectivity index (χ4v) is 5.09. The summed E-state index contributed by atoms with van der Waals surface area (Å²) in [5.41, 5.74) is 1.98. The highest BCUT2D eigenvalue weighted by atomic mass is 16.5. The topological polar surface area (TPSA) is 79.5 Å². The molecule has 2 saturated carbocycles. The van der Waals surface area contributed by atoms with Crippen molar-refractivity contribution in [3.8, 4) is 5.75 Å². The molecular weight excluding hydrogens is 402 g/mol. The Morgan fingerprint density at radius 3 is 2.28 bits per heavy atom. The number of urea groups is 1. The Balaban J connectivity index is 1.16. The van der Waals surface area contributed by atoms with Gasteiger partial charge in [0.1, 0.15) is 5.75 Å². The number of carbonyl (C=O) groups is 2. The van der Waals surface area contributed by atoms with Gasteiger partial charge in [-0.15, -0.1) is 0 Å². The van der Waals surface area contributed by atoms with Gasteiger partial charge in [0.15, 0.2) is 0 Å². The molecule has 2 fully saturated rings. The molecule has 0 aromatic heterocycles. The van der Waals surface area contributed by atoms with Crippen LogP contribution in [0.3, 0.4) is 0 Å². The molecule has 0 heterocycles. The number of ether oxygens (including phenoxy) is 1. The van der Waals surface area contributed by atoms with E-state index >= 15 is 0 Å². The number of benzene rings is 2. The SMILES string of the molecule is COc1ccc(CNC(=O)NC2CC3(C2)CC(C(=O)NC(C)(C)c2ccccc2)C3)cc1. The number of amides is 3. The first kappa shape index (κ1) is 22.2. The summed E-state index contributed by atoms with van der Waals surface area (Å²) in [4.78, 5) is 25.0. The van der Waals surface area contributed by atoms with E-state index in [1.54, 1.807) is 7.11 Å². The van der Waals surface area contributed by atoms with Gasteiger partial charge in [-0.05, 0) is 68.2 Å². The molecule has 2 aliphatic rings. The Hall–Kier alpha value is -3.02. The van der Waals surface area contributed by atoms with Gasteiger partial charge in [0, 0.05) is 18.5 Å². The van der Waals surface area contributed by atoms with E-state index in [1.807, 2.05) is 68.4 Å². The van der Waals surface area contributed by atoms with Gasteiger partial charge in [-0.2, -0.15) is 0 Å². The minimum Gasteiger partial charge on any atom is -0.497 e. The fourth-order valence-electron chi connectivity index (χ4n) is 5.09. The van der Waals surface area contributed by atoms with Gasteiger partial charge in [0.25, 0.3) is 0 Å². The van der Waals surface area contributed by atoms with Crippen molar-refractivity contribution >= 4 is 11.9 Å². The summed E-state index contributed by atoms with van der Waals surface area (Å²) >= 11 is 0. The maximum Gasteiger partial charge on any atom is 0.315 e. The minimum atomic E-state index is -0.382. The molecule has 4 rings (SSSR count). The van der Waals surface area contributed by atoms with Gasteiger partial charge in [0.2, 0.25) is 5.91 Å². The third-order valence-corrected chi connectivity index (χ3v) is 6.97. The summed E-state index contributed by atoms with van der Waals surface area (Å²) in [5.74, 6) is 1.01. The Labute approximate surface area is 190 Å². The number of nitrogens with one attached hydrogen (secondary N) is 3. The van der Waals surface area contributed by atoms with E-state index in [0.29, 0.717) is 6.54 Å². The maximum atomic E-state index is 12.8. The molecule has 6 heteroatoms. The largest absolute Gasteiger partial charge is 0.497 e. The zero-order valence-corrected chi connectivity index (χ0v) is 19.1. The van der Waals surface area contributed by atoms with Crippen LogP contribution in [-0.4, -0.2) is 25.1 Å². The van der Waals surface area contributed by atoms with E-state index in [9.17, 15) is 9.59 Å². The lowest BCUT2D eigenvalue weighted by Gasteiger charge is -2.57. The van der Waals surface area contributed by atoms with Crippen LogP contribution in [0, 0.1) is 11.3 Å². The highest BCUT2D eigenvalue weighted by molar-refractivity contribution is 5.81. The standard InChI is InChI=1S/C26H33N3O3/c1-25(2,20-7-5-4-6-8-20)29-23(30)19-13-26(14-19)15-21(16-26)28-24(31)27-17-18-9-11-22(32-3)12-10-18/h4-12,19,21H,13-17H2,1-3H3,(H,29,30)(H2,27,28,31). The Kier molecular flexibility index (Phi) is 6.13. The molecule has 32 heavy (non-hydrogen) atoms. The smallest absolute Gasteiger partial charge is 0.315 e. The Bertz CT molecular complexity index is 942. The maximum absolute atomic E-state index is 12.8. The van der Waals surface area contributed by atoms with Crippen molar-refractivity contribution in [2.24, 2.45) is 11.3 Å². The third-order valence-electron chi connectivity index (χ3n) is 6.97. The van der Waals surface area contributed by atoms with Crippen LogP contribution in [0.5, 0.6) is 5.75 Å². The zero-order chi connectivity index (χ0) is 22.8. The van der Waals surface area contributed by atoms with Crippen LogP contribution in [0.25, 0.3) is 0 Å². The van der Waals surface area contributed by atoms with Crippen LogP contribution in [-0.2, 0) is 16.9 Å². The van der Waals surface area contributed by atoms with Crippen molar-refractivity contribution in [2.75, 3.05) is 7.11 Å². The first-order valence-corrected chi connectivity index (χ1v) is 11.3. The number of carbonyl (C=O) groups excluding carboxylic acids is 2. The normalized spacial score (nSPS) is 24.1. The summed E-state index contributed by atoms with van der Waals surface area (Å²) in [6.07, 6.45) is 3.73. The predicted molar refractivity (Wildman–Crippen MR) is 124 cm³/mol. The van der Waals surface area contributed by atoms with Gasteiger partial charge in [-0.25, -0.2) is 4.79 Å². The summed E-state index contributed by atoms with van der Waals surface area (Å²) in [6.45, 7) is 4.57. The highest BCUT2D eigenvalue weighted by Gasteiger charge is 2.55. The number of methoxy groups -OCH3 is 1. The second-order valence-corrected chi connectivity index (χ2v) is 9.87.